The molecule has 2 rings (SSSR count). The van der Waals surface area contributed by atoms with Crippen molar-refractivity contribution in [1.29, 1.82) is 0 Å². The molecule has 1 aliphatic carbocycles. The van der Waals surface area contributed by atoms with Crippen LogP contribution >= 0.6 is 0 Å². The van der Waals surface area contributed by atoms with Gasteiger partial charge in [0.15, 0.2) is 6.04 Å². The third-order valence-corrected chi connectivity index (χ3v) is 3.89. The number of carboxylic acids is 1. The van der Waals surface area contributed by atoms with Crippen LogP contribution in [0.1, 0.15) is 24.0 Å². The Morgan fingerprint density at radius 3 is 2.76 bits per heavy atom. The molecule has 21 heavy (non-hydrogen) atoms. The van der Waals surface area contributed by atoms with Gasteiger partial charge in [0.25, 0.3) is 0 Å². The number of ether oxygens (including phenoxy) is 1. The molecule has 0 bridgehead atoms. The summed E-state index contributed by atoms with van der Waals surface area (Å²) in [5.41, 5.74) is 2.66. The van der Waals surface area contributed by atoms with E-state index >= 15 is 0 Å². The van der Waals surface area contributed by atoms with E-state index in [4.69, 9.17) is 9.84 Å². The van der Waals surface area contributed by atoms with Crippen LogP contribution < -0.4 is 5.32 Å². The van der Waals surface area contributed by atoms with E-state index in [-0.39, 0.29) is 18.4 Å². The highest BCUT2D eigenvalue weighted by molar-refractivity contribution is 5.83. The topological polar surface area (TPSA) is 75.6 Å². The number of benzene rings is 1. The molecule has 0 spiro atoms. The second-order valence-electron chi connectivity index (χ2n) is 5.50. The molecule has 114 valence electrons. The molecule has 1 aromatic carbocycles. The van der Waals surface area contributed by atoms with Crippen LogP contribution in [-0.4, -0.2) is 36.7 Å². The summed E-state index contributed by atoms with van der Waals surface area (Å²) in [7, 11) is 1.42. The van der Waals surface area contributed by atoms with Crippen LogP contribution in [0.3, 0.4) is 0 Å². The lowest BCUT2D eigenvalue weighted by atomic mass is 9.82. The van der Waals surface area contributed by atoms with Crippen molar-refractivity contribution in [3.8, 4) is 0 Å². The van der Waals surface area contributed by atoms with Crippen LogP contribution in [0, 0.1) is 5.92 Å². The Balaban J connectivity index is 1.88. The van der Waals surface area contributed by atoms with Gasteiger partial charge in [-0.3, -0.25) is 4.79 Å². The zero-order chi connectivity index (χ0) is 15.2. The number of carbonyl (C=O) groups excluding carboxylic acids is 1. The molecule has 0 fully saturated rings. The van der Waals surface area contributed by atoms with Crippen LogP contribution in [0.4, 0.5) is 0 Å². The van der Waals surface area contributed by atoms with Crippen molar-refractivity contribution < 1.29 is 19.4 Å². The minimum atomic E-state index is -1.07. The average Bonchev–Trinajstić information content (AvgIpc) is 2.46. The van der Waals surface area contributed by atoms with Gasteiger partial charge in [-0.15, -0.1) is 0 Å². The third-order valence-electron chi connectivity index (χ3n) is 3.89. The summed E-state index contributed by atoms with van der Waals surface area (Å²) in [6.45, 7) is -0.0193. The van der Waals surface area contributed by atoms with Gasteiger partial charge in [-0.1, -0.05) is 24.3 Å². The largest absolute Gasteiger partial charge is 0.480 e. The molecule has 2 atom stereocenters. The molecule has 0 saturated heterocycles. The van der Waals surface area contributed by atoms with Gasteiger partial charge >= 0.3 is 5.97 Å². The van der Waals surface area contributed by atoms with Crippen molar-refractivity contribution in [3.63, 3.8) is 0 Å². The summed E-state index contributed by atoms with van der Waals surface area (Å²) < 4.78 is 4.81. The number of fused-ring (bicyclic) bond motifs is 1. The zero-order valence-electron chi connectivity index (χ0n) is 12.2. The van der Waals surface area contributed by atoms with E-state index in [0.29, 0.717) is 6.42 Å². The van der Waals surface area contributed by atoms with Crippen LogP contribution in [0.25, 0.3) is 0 Å². The number of amides is 1. The van der Waals surface area contributed by atoms with Gasteiger partial charge < -0.3 is 15.2 Å². The number of carboxylic acid groups (broad SMARTS) is 1. The summed E-state index contributed by atoms with van der Waals surface area (Å²) in [5.74, 6) is -1.01. The van der Waals surface area contributed by atoms with Crippen molar-refractivity contribution in [2.24, 2.45) is 5.92 Å². The van der Waals surface area contributed by atoms with Crippen molar-refractivity contribution in [2.45, 2.75) is 31.7 Å². The van der Waals surface area contributed by atoms with Crippen molar-refractivity contribution in [2.75, 3.05) is 13.7 Å². The first-order valence-corrected chi connectivity index (χ1v) is 7.18. The average molecular weight is 291 g/mol. The molecule has 1 aromatic rings. The fraction of sp³-hybridized carbons (Fsp3) is 0.500. The molecule has 5 nitrogen and oxygen atoms in total. The standard InChI is InChI=1S/C16H21NO4/c1-21-10-14(16(19)20)17-15(18)9-11-6-7-12-4-2-3-5-13(12)8-11/h2-5,11,14H,6-10H2,1H3,(H,17,18)(H,19,20). The maximum Gasteiger partial charge on any atom is 0.328 e. The second-order valence-corrected chi connectivity index (χ2v) is 5.50. The lowest BCUT2D eigenvalue weighted by molar-refractivity contribution is -0.143. The maximum atomic E-state index is 12.0. The number of aryl methyl sites for hydroxylation is 1. The van der Waals surface area contributed by atoms with Crippen LogP contribution in [0.15, 0.2) is 24.3 Å². The molecular weight excluding hydrogens is 270 g/mol. The number of methoxy groups -OCH3 is 1. The van der Waals surface area contributed by atoms with Crippen molar-refractivity contribution >= 4 is 11.9 Å². The first kappa shape index (κ1) is 15.5. The Morgan fingerprint density at radius 1 is 1.38 bits per heavy atom. The highest BCUT2D eigenvalue weighted by Crippen LogP contribution is 2.27. The van der Waals surface area contributed by atoms with Gasteiger partial charge in [-0.05, 0) is 36.3 Å². The quantitative estimate of drug-likeness (QED) is 0.830. The number of carbonyl (C=O) groups is 2. The fourth-order valence-electron chi connectivity index (χ4n) is 2.80. The van der Waals surface area contributed by atoms with Gasteiger partial charge in [-0.25, -0.2) is 4.79 Å². The van der Waals surface area contributed by atoms with Gasteiger partial charge in [0.1, 0.15) is 0 Å². The second kappa shape index (κ2) is 7.22. The Bertz CT molecular complexity index is 515. The molecule has 2 unspecified atom stereocenters. The minimum Gasteiger partial charge on any atom is -0.480 e. The molecule has 0 aliphatic heterocycles. The van der Waals surface area contributed by atoms with E-state index in [9.17, 15) is 9.59 Å². The Hall–Kier alpha value is -1.88. The van der Waals surface area contributed by atoms with Crippen LogP contribution in [0.5, 0.6) is 0 Å². The molecule has 2 N–H and O–H groups in total. The van der Waals surface area contributed by atoms with Gasteiger partial charge in [-0.2, -0.15) is 0 Å². The third kappa shape index (κ3) is 4.29. The lowest BCUT2D eigenvalue weighted by Gasteiger charge is -2.24. The van der Waals surface area contributed by atoms with E-state index in [1.807, 2.05) is 12.1 Å². The molecule has 1 aliphatic rings. The first-order valence-electron chi connectivity index (χ1n) is 7.18. The van der Waals surface area contributed by atoms with E-state index < -0.39 is 12.0 Å². The van der Waals surface area contributed by atoms with E-state index in [1.165, 1.54) is 18.2 Å². The van der Waals surface area contributed by atoms with Gasteiger partial charge in [0.05, 0.1) is 6.61 Å². The maximum absolute atomic E-state index is 12.0. The fourth-order valence-corrected chi connectivity index (χ4v) is 2.80. The summed E-state index contributed by atoms with van der Waals surface area (Å²) in [6.07, 6.45) is 3.19. The van der Waals surface area contributed by atoms with E-state index in [2.05, 4.69) is 17.4 Å². The molecule has 0 aromatic heterocycles. The monoisotopic (exact) mass is 291 g/mol. The molecule has 1 amide bonds. The number of rotatable bonds is 6. The summed E-state index contributed by atoms with van der Waals surface area (Å²) in [4.78, 5) is 23.0. The predicted octanol–water partition coefficient (Wildman–Crippen LogP) is 1.40. The summed E-state index contributed by atoms with van der Waals surface area (Å²) >= 11 is 0. The molecule has 0 radical (unpaired) electrons. The lowest BCUT2D eigenvalue weighted by Crippen LogP contribution is -2.44. The normalized spacial score (nSPS) is 18.6. The Morgan fingerprint density at radius 2 is 2.10 bits per heavy atom. The number of hydrogen-bond donors (Lipinski definition) is 2. The molecule has 0 saturated carbocycles. The van der Waals surface area contributed by atoms with Crippen LogP contribution in [-0.2, 0) is 27.2 Å². The first-order chi connectivity index (χ1) is 10.1. The van der Waals surface area contributed by atoms with E-state index in [1.54, 1.807) is 0 Å². The SMILES string of the molecule is COCC(NC(=O)CC1CCc2ccccc2C1)C(=O)O. The van der Waals surface area contributed by atoms with Crippen molar-refractivity contribution in [3.05, 3.63) is 35.4 Å². The Kier molecular flexibility index (Phi) is 5.33. The highest BCUT2D eigenvalue weighted by atomic mass is 16.5. The van der Waals surface area contributed by atoms with Gasteiger partial charge in [0, 0.05) is 13.5 Å². The molecule has 0 heterocycles. The summed E-state index contributed by atoms with van der Waals surface area (Å²) in [6, 6.07) is 7.31. The van der Waals surface area contributed by atoms with Crippen LogP contribution in [0.2, 0.25) is 0 Å². The Labute approximate surface area is 124 Å². The number of hydrogen-bond acceptors (Lipinski definition) is 3. The van der Waals surface area contributed by atoms with Crippen molar-refractivity contribution in [1.82, 2.24) is 5.32 Å². The molecule has 5 heteroatoms. The summed E-state index contributed by atoms with van der Waals surface area (Å²) in [5, 5.41) is 11.5. The minimum absolute atomic E-state index is 0.0193. The predicted molar refractivity (Wildman–Crippen MR) is 78.0 cm³/mol. The highest BCUT2D eigenvalue weighted by Gasteiger charge is 2.24. The van der Waals surface area contributed by atoms with Gasteiger partial charge in [0.2, 0.25) is 5.91 Å². The smallest absolute Gasteiger partial charge is 0.328 e. The number of nitrogens with one attached hydrogen (secondary N) is 1. The molecular formula is C16H21NO4. The number of aliphatic carboxylic acids is 1. The van der Waals surface area contributed by atoms with E-state index in [0.717, 1.165) is 19.3 Å². The zero-order valence-corrected chi connectivity index (χ0v) is 12.2.